The summed E-state index contributed by atoms with van der Waals surface area (Å²) < 4.78 is 0. The van der Waals surface area contributed by atoms with Crippen LogP contribution in [0.15, 0.2) is 29.2 Å². The standard InChI is InChI=1S/C14H22N2OS/c1-14(11-17,16-9-7-15-8-10-16)12-3-5-13(18-2)6-4-12/h3-6,15,17H,7-11H2,1-2H3. The monoisotopic (exact) mass is 266 g/mol. The zero-order valence-electron chi connectivity index (χ0n) is 11.1. The zero-order chi connectivity index (χ0) is 13.0. The lowest BCUT2D eigenvalue weighted by atomic mass is 9.90. The van der Waals surface area contributed by atoms with Gasteiger partial charge in [0.25, 0.3) is 0 Å². The van der Waals surface area contributed by atoms with Crippen LogP contribution in [0.4, 0.5) is 0 Å². The fourth-order valence-corrected chi connectivity index (χ4v) is 2.89. The molecule has 0 bridgehead atoms. The lowest BCUT2D eigenvalue weighted by Gasteiger charge is -2.43. The topological polar surface area (TPSA) is 35.5 Å². The summed E-state index contributed by atoms with van der Waals surface area (Å²) in [4.78, 5) is 3.64. The van der Waals surface area contributed by atoms with Crippen molar-refractivity contribution in [1.29, 1.82) is 0 Å². The van der Waals surface area contributed by atoms with Crippen molar-refractivity contribution in [3.63, 3.8) is 0 Å². The summed E-state index contributed by atoms with van der Waals surface area (Å²) in [6, 6.07) is 8.56. The van der Waals surface area contributed by atoms with Crippen LogP contribution in [-0.2, 0) is 5.54 Å². The minimum absolute atomic E-state index is 0.158. The van der Waals surface area contributed by atoms with E-state index < -0.39 is 0 Å². The summed E-state index contributed by atoms with van der Waals surface area (Å²) in [5, 5.41) is 13.2. The molecule has 0 radical (unpaired) electrons. The molecule has 1 fully saturated rings. The molecule has 2 rings (SSSR count). The van der Waals surface area contributed by atoms with Gasteiger partial charge in [-0.2, -0.15) is 0 Å². The van der Waals surface area contributed by atoms with Crippen molar-refractivity contribution < 1.29 is 5.11 Å². The molecule has 0 aliphatic carbocycles. The van der Waals surface area contributed by atoms with Crippen molar-refractivity contribution in [2.75, 3.05) is 39.0 Å². The first kappa shape index (κ1) is 13.9. The molecule has 1 saturated heterocycles. The first-order chi connectivity index (χ1) is 8.70. The van der Waals surface area contributed by atoms with E-state index in [9.17, 15) is 5.11 Å². The van der Waals surface area contributed by atoms with Gasteiger partial charge < -0.3 is 10.4 Å². The highest BCUT2D eigenvalue weighted by Gasteiger charge is 2.33. The quantitative estimate of drug-likeness (QED) is 0.810. The average Bonchev–Trinajstić information content (AvgIpc) is 2.47. The summed E-state index contributed by atoms with van der Waals surface area (Å²) in [5.41, 5.74) is 0.934. The molecular formula is C14H22N2OS. The molecule has 1 aliphatic heterocycles. The molecule has 100 valence electrons. The maximum absolute atomic E-state index is 9.85. The van der Waals surface area contributed by atoms with E-state index in [2.05, 4.69) is 47.7 Å². The number of nitrogens with one attached hydrogen (secondary N) is 1. The lowest BCUT2D eigenvalue weighted by molar-refractivity contribution is 0.0311. The molecule has 0 saturated carbocycles. The molecule has 0 spiro atoms. The first-order valence-electron chi connectivity index (χ1n) is 6.42. The largest absolute Gasteiger partial charge is 0.394 e. The predicted octanol–water partition coefficient (Wildman–Crippen LogP) is 1.52. The Kier molecular flexibility index (Phi) is 4.67. The van der Waals surface area contributed by atoms with Gasteiger partial charge in [-0.3, -0.25) is 4.90 Å². The zero-order valence-corrected chi connectivity index (χ0v) is 12.0. The lowest BCUT2D eigenvalue weighted by Crippen LogP contribution is -2.54. The molecule has 1 aromatic rings. The van der Waals surface area contributed by atoms with E-state index in [-0.39, 0.29) is 12.1 Å². The predicted molar refractivity (Wildman–Crippen MR) is 77.1 cm³/mol. The average molecular weight is 266 g/mol. The van der Waals surface area contributed by atoms with Gasteiger partial charge in [0.05, 0.1) is 12.1 Å². The molecule has 4 heteroatoms. The van der Waals surface area contributed by atoms with E-state index >= 15 is 0 Å². The molecule has 1 atom stereocenters. The number of benzene rings is 1. The summed E-state index contributed by atoms with van der Waals surface area (Å²) in [6.45, 7) is 6.26. The van der Waals surface area contributed by atoms with Crippen LogP contribution in [0.2, 0.25) is 0 Å². The molecule has 18 heavy (non-hydrogen) atoms. The van der Waals surface area contributed by atoms with E-state index in [0.717, 1.165) is 26.2 Å². The van der Waals surface area contributed by atoms with Gasteiger partial charge in [-0.15, -0.1) is 11.8 Å². The van der Waals surface area contributed by atoms with Crippen LogP contribution in [0.1, 0.15) is 12.5 Å². The third-order valence-corrected chi connectivity index (χ3v) is 4.58. The molecule has 1 heterocycles. The fraction of sp³-hybridized carbons (Fsp3) is 0.571. The SMILES string of the molecule is CSc1ccc(C(C)(CO)N2CCNCC2)cc1. The number of hydrogen-bond donors (Lipinski definition) is 2. The number of nitrogens with zero attached hydrogens (tertiary/aromatic N) is 1. The highest BCUT2D eigenvalue weighted by molar-refractivity contribution is 7.98. The Bertz CT molecular complexity index is 376. The van der Waals surface area contributed by atoms with Gasteiger partial charge in [-0.1, -0.05) is 12.1 Å². The Balaban J connectivity index is 2.23. The fourth-order valence-electron chi connectivity index (χ4n) is 2.48. The Morgan fingerprint density at radius 3 is 2.39 bits per heavy atom. The van der Waals surface area contributed by atoms with Crippen LogP contribution >= 0.6 is 11.8 Å². The number of piperazine rings is 1. The first-order valence-corrected chi connectivity index (χ1v) is 7.64. The van der Waals surface area contributed by atoms with Crippen LogP contribution < -0.4 is 5.32 Å². The number of aliphatic hydroxyl groups excluding tert-OH is 1. The smallest absolute Gasteiger partial charge is 0.0666 e. The van der Waals surface area contributed by atoms with Gasteiger partial charge in [0, 0.05) is 31.1 Å². The van der Waals surface area contributed by atoms with E-state index in [4.69, 9.17) is 0 Å². The molecule has 1 unspecified atom stereocenters. The summed E-state index contributed by atoms with van der Waals surface area (Å²) >= 11 is 1.75. The number of rotatable bonds is 4. The number of aliphatic hydroxyl groups is 1. The van der Waals surface area contributed by atoms with Gasteiger partial charge in [-0.25, -0.2) is 0 Å². The summed E-state index contributed by atoms with van der Waals surface area (Å²) in [6.07, 6.45) is 2.08. The molecule has 1 aliphatic rings. The third-order valence-electron chi connectivity index (χ3n) is 3.83. The van der Waals surface area contributed by atoms with Gasteiger partial charge in [0.1, 0.15) is 0 Å². The molecule has 0 aromatic heterocycles. The van der Waals surface area contributed by atoms with Crippen molar-refractivity contribution in [2.24, 2.45) is 0 Å². The van der Waals surface area contributed by atoms with Gasteiger partial charge >= 0.3 is 0 Å². The molecule has 3 nitrogen and oxygen atoms in total. The van der Waals surface area contributed by atoms with E-state index in [1.165, 1.54) is 10.5 Å². The second-order valence-electron chi connectivity index (χ2n) is 4.90. The van der Waals surface area contributed by atoms with Crippen LogP contribution in [-0.4, -0.2) is 49.0 Å². The van der Waals surface area contributed by atoms with Crippen molar-refractivity contribution >= 4 is 11.8 Å². The van der Waals surface area contributed by atoms with Crippen LogP contribution in [0.25, 0.3) is 0 Å². The van der Waals surface area contributed by atoms with Gasteiger partial charge in [-0.05, 0) is 30.9 Å². The number of hydrogen-bond acceptors (Lipinski definition) is 4. The second kappa shape index (κ2) is 6.06. The maximum Gasteiger partial charge on any atom is 0.0666 e. The minimum Gasteiger partial charge on any atom is -0.394 e. The van der Waals surface area contributed by atoms with Gasteiger partial charge in [0.2, 0.25) is 0 Å². The minimum atomic E-state index is -0.265. The molecule has 0 amide bonds. The highest BCUT2D eigenvalue weighted by Crippen LogP contribution is 2.29. The van der Waals surface area contributed by atoms with Gasteiger partial charge in [0.15, 0.2) is 0 Å². The number of thioether (sulfide) groups is 1. The van der Waals surface area contributed by atoms with E-state index in [1.54, 1.807) is 11.8 Å². The van der Waals surface area contributed by atoms with E-state index in [0.29, 0.717) is 0 Å². The van der Waals surface area contributed by atoms with Crippen LogP contribution in [0, 0.1) is 0 Å². The second-order valence-corrected chi connectivity index (χ2v) is 5.78. The normalized spacial score (nSPS) is 20.6. The maximum atomic E-state index is 9.85. The Labute approximate surface area is 114 Å². The third kappa shape index (κ3) is 2.72. The highest BCUT2D eigenvalue weighted by atomic mass is 32.2. The van der Waals surface area contributed by atoms with Crippen molar-refractivity contribution in [1.82, 2.24) is 10.2 Å². The van der Waals surface area contributed by atoms with E-state index in [1.807, 2.05) is 0 Å². The molecular weight excluding hydrogens is 244 g/mol. The Morgan fingerprint density at radius 2 is 1.89 bits per heavy atom. The summed E-state index contributed by atoms with van der Waals surface area (Å²) in [5.74, 6) is 0. The van der Waals surface area contributed by atoms with Crippen molar-refractivity contribution in [3.8, 4) is 0 Å². The van der Waals surface area contributed by atoms with Crippen molar-refractivity contribution in [2.45, 2.75) is 17.4 Å². The van der Waals surface area contributed by atoms with Crippen LogP contribution in [0.3, 0.4) is 0 Å². The van der Waals surface area contributed by atoms with Crippen LogP contribution in [0.5, 0.6) is 0 Å². The Morgan fingerprint density at radius 1 is 1.28 bits per heavy atom. The van der Waals surface area contributed by atoms with Crippen molar-refractivity contribution in [3.05, 3.63) is 29.8 Å². The molecule has 1 aromatic carbocycles. The summed E-state index contributed by atoms with van der Waals surface area (Å²) in [7, 11) is 0. The molecule has 2 N–H and O–H groups in total. The Hall–Kier alpha value is -0.550.